The predicted octanol–water partition coefficient (Wildman–Crippen LogP) is -0.793. The molecule has 0 fully saturated rings. The van der Waals surface area contributed by atoms with Gasteiger partial charge in [-0.3, -0.25) is 14.0 Å². The fraction of sp³-hybridized carbons (Fsp3) is 1.00. The molecule has 0 aromatic rings. The Balaban J connectivity index is -0.000000845. The monoisotopic (exact) mass is 325 g/mol. The molecule has 11 heteroatoms. The molecular weight excluding hydrogens is 310 g/mol. The van der Waals surface area contributed by atoms with Crippen molar-refractivity contribution in [2.75, 3.05) is 19.1 Å². The van der Waals surface area contributed by atoms with Crippen molar-refractivity contribution in [2.45, 2.75) is 13.3 Å². The summed E-state index contributed by atoms with van der Waals surface area (Å²) in [6.07, 6.45) is -0.669. The Morgan fingerprint density at radius 3 is 1.44 bits per heavy atom. The van der Waals surface area contributed by atoms with E-state index in [9.17, 15) is 9.13 Å². The second-order valence-electron chi connectivity index (χ2n) is 3.01. The molecule has 0 bridgehead atoms. The first kappa shape index (κ1) is 24.5. The van der Waals surface area contributed by atoms with E-state index in [2.05, 4.69) is 0 Å². The maximum atomic E-state index is 10.6. The smallest absolute Gasteiger partial charge is 0.324 e. The van der Waals surface area contributed by atoms with Gasteiger partial charge in [0.25, 0.3) is 0 Å². The van der Waals surface area contributed by atoms with Gasteiger partial charge in [0.15, 0.2) is 0 Å². The fourth-order valence-corrected chi connectivity index (χ4v) is 2.71. The van der Waals surface area contributed by atoms with Crippen LogP contribution in [-0.2, 0) is 9.13 Å². The molecule has 0 saturated carbocycles. The van der Waals surface area contributed by atoms with Gasteiger partial charge in [-0.25, -0.2) is 0 Å². The van der Waals surface area contributed by atoms with Gasteiger partial charge in [-0.15, -0.1) is 0 Å². The average molecular weight is 325 g/mol. The van der Waals surface area contributed by atoms with E-state index in [0.717, 1.165) is 4.90 Å². The number of rotatable bonds is 6. The molecule has 7 nitrogen and oxygen atoms in total. The van der Waals surface area contributed by atoms with Gasteiger partial charge in [0.1, 0.15) is 12.6 Å². The molecule has 0 aliphatic carbocycles. The van der Waals surface area contributed by atoms with Gasteiger partial charge in [-0.2, -0.15) is 0 Å². The number of nitrogens with zero attached hydrogens (tertiary/aromatic N) is 1. The molecule has 0 heterocycles. The van der Waals surface area contributed by atoms with Gasteiger partial charge in [-0.05, 0) is 13.0 Å². The normalized spacial score (nSPS) is 11.9. The summed E-state index contributed by atoms with van der Waals surface area (Å²) in [7, 11) is -8.51. The van der Waals surface area contributed by atoms with E-state index in [-0.39, 0.29) is 109 Å². The third-order valence-electron chi connectivity index (χ3n) is 1.31. The van der Waals surface area contributed by atoms with Crippen molar-refractivity contribution in [3.63, 3.8) is 0 Å². The molecule has 0 aromatic carbocycles. The molecule has 0 saturated heterocycles. The van der Waals surface area contributed by atoms with Crippen LogP contribution in [0.3, 0.4) is 0 Å². The standard InChI is InChI=1S/C5H15NO6P2.2K/c1-2-3-6(4-13(7,8)9)5-14(10,11)12;;/h2-5H2,1H3,(H2,7,8,9)(H2,10,11,12);;. The van der Waals surface area contributed by atoms with Crippen molar-refractivity contribution in [1.29, 1.82) is 0 Å². The van der Waals surface area contributed by atoms with E-state index >= 15 is 0 Å². The summed E-state index contributed by atoms with van der Waals surface area (Å²) in [5.41, 5.74) is 0. The first-order chi connectivity index (χ1) is 6.14. The molecule has 2 radical (unpaired) electrons. The number of hydrogen-bond donors (Lipinski definition) is 4. The third-order valence-corrected chi connectivity index (χ3v) is 2.85. The second kappa shape index (κ2) is 11.2. The van der Waals surface area contributed by atoms with Crippen molar-refractivity contribution >= 4 is 118 Å². The quantitative estimate of drug-likeness (QED) is 0.373. The van der Waals surface area contributed by atoms with Crippen LogP contribution in [0.1, 0.15) is 13.3 Å². The minimum absolute atomic E-state index is 0. The second-order valence-corrected chi connectivity index (χ2v) is 6.23. The van der Waals surface area contributed by atoms with Gasteiger partial charge >= 0.3 is 15.2 Å². The van der Waals surface area contributed by atoms with E-state index in [1.54, 1.807) is 6.92 Å². The van der Waals surface area contributed by atoms with Gasteiger partial charge in [0.2, 0.25) is 0 Å². The Hall–Kier alpha value is 3.53. The summed E-state index contributed by atoms with van der Waals surface area (Å²) >= 11 is 0. The molecule has 0 aliphatic heterocycles. The van der Waals surface area contributed by atoms with Gasteiger partial charge in [-0.1, -0.05) is 6.92 Å². The number of hydrogen-bond acceptors (Lipinski definition) is 3. The van der Waals surface area contributed by atoms with Crippen molar-refractivity contribution in [1.82, 2.24) is 4.90 Å². The topological polar surface area (TPSA) is 118 Å². The van der Waals surface area contributed by atoms with Crippen LogP contribution in [-0.4, -0.2) is 146 Å². The van der Waals surface area contributed by atoms with Crippen molar-refractivity contribution in [2.24, 2.45) is 0 Å². The molecular formula is C5H15K2NO6P2. The molecule has 0 amide bonds. The van der Waals surface area contributed by atoms with Crippen LogP contribution in [0.25, 0.3) is 0 Å². The van der Waals surface area contributed by atoms with Crippen LogP contribution in [0, 0.1) is 0 Å². The summed E-state index contributed by atoms with van der Waals surface area (Å²) in [5, 5.41) is 0. The summed E-state index contributed by atoms with van der Waals surface area (Å²) in [4.78, 5) is 35.6. The van der Waals surface area contributed by atoms with E-state index in [4.69, 9.17) is 19.6 Å². The Labute approximate surface area is 180 Å². The van der Waals surface area contributed by atoms with Gasteiger partial charge in [0, 0.05) is 103 Å². The third kappa shape index (κ3) is 17.5. The maximum Gasteiger partial charge on any atom is 0.339 e. The fourth-order valence-electron chi connectivity index (χ4n) is 1.02. The van der Waals surface area contributed by atoms with E-state index < -0.39 is 27.8 Å². The molecule has 0 aliphatic rings. The van der Waals surface area contributed by atoms with Crippen LogP contribution in [0.5, 0.6) is 0 Å². The molecule has 0 aromatic heterocycles. The van der Waals surface area contributed by atoms with Crippen LogP contribution in [0.2, 0.25) is 0 Å². The zero-order valence-electron chi connectivity index (χ0n) is 9.78. The Kier molecular flexibility index (Phi) is 17.2. The predicted molar refractivity (Wildman–Crippen MR) is 62.3 cm³/mol. The molecule has 88 valence electrons. The van der Waals surface area contributed by atoms with Crippen LogP contribution >= 0.6 is 15.2 Å². The Morgan fingerprint density at radius 2 is 1.25 bits per heavy atom. The van der Waals surface area contributed by atoms with E-state index in [1.807, 2.05) is 0 Å². The van der Waals surface area contributed by atoms with Crippen molar-refractivity contribution < 1.29 is 28.7 Å². The summed E-state index contributed by atoms with van der Waals surface area (Å²) < 4.78 is 21.2. The molecule has 0 spiro atoms. The zero-order chi connectivity index (χ0) is 11.4. The van der Waals surface area contributed by atoms with Gasteiger partial charge < -0.3 is 19.6 Å². The van der Waals surface area contributed by atoms with Gasteiger partial charge in [0.05, 0.1) is 0 Å². The van der Waals surface area contributed by atoms with Crippen LogP contribution in [0.4, 0.5) is 0 Å². The van der Waals surface area contributed by atoms with E-state index in [1.165, 1.54) is 0 Å². The summed E-state index contributed by atoms with van der Waals surface area (Å²) in [5.74, 6) is 0. The minimum atomic E-state index is -4.26. The molecule has 0 atom stereocenters. The van der Waals surface area contributed by atoms with Crippen molar-refractivity contribution in [3.05, 3.63) is 0 Å². The Morgan fingerprint density at radius 1 is 0.938 bits per heavy atom. The molecule has 0 unspecified atom stereocenters. The van der Waals surface area contributed by atoms with Crippen LogP contribution < -0.4 is 0 Å². The SMILES string of the molecule is CCCN(CP(=O)(O)O)CP(=O)(O)O.[K].[K]. The zero-order valence-corrected chi connectivity index (χ0v) is 17.8. The largest absolute Gasteiger partial charge is 0.339 e. The first-order valence-corrected chi connectivity index (χ1v) is 7.55. The molecule has 16 heavy (non-hydrogen) atoms. The van der Waals surface area contributed by atoms with Crippen LogP contribution in [0.15, 0.2) is 0 Å². The summed E-state index contributed by atoms with van der Waals surface area (Å²) in [6, 6.07) is 0. The van der Waals surface area contributed by atoms with E-state index in [0.29, 0.717) is 6.42 Å². The Bertz CT molecular complexity index is 242. The average Bonchev–Trinajstić information content (AvgIpc) is 1.78. The summed E-state index contributed by atoms with van der Waals surface area (Å²) in [6.45, 7) is 2.00. The molecule has 4 N–H and O–H groups in total. The molecule has 0 rings (SSSR count). The minimum Gasteiger partial charge on any atom is -0.324 e. The maximum absolute atomic E-state index is 10.6. The van der Waals surface area contributed by atoms with Crippen molar-refractivity contribution in [3.8, 4) is 0 Å². The first-order valence-electron chi connectivity index (χ1n) is 3.95.